The Morgan fingerprint density at radius 1 is 1.50 bits per heavy atom. The first-order valence-electron chi connectivity index (χ1n) is 5.51. The zero-order valence-electron chi connectivity index (χ0n) is 9.15. The molecule has 1 fully saturated rings. The first kappa shape index (κ1) is 11.0. The lowest BCUT2D eigenvalue weighted by Gasteiger charge is -2.18. The molecule has 0 atom stereocenters. The second kappa shape index (κ2) is 5.55. The van der Waals surface area contributed by atoms with E-state index in [0.29, 0.717) is 12.3 Å². The third kappa shape index (κ3) is 3.00. The molecule has 1 N–H and O–H groups in total. The van der Waals surface area contributed by atoms with Crippen molar-refractivity contribution in [2.24, 2.45) is 0 Å². The van der Waals surface area contributed by atoms with Crippen molar-refractivity contribution in [3.8, 4) is 0 Å². The lowest BCUT2D eigenvalue weighted by Crippen LogP contribution is -2.34. The predicted molar refractivity (Wildman–Crippen MR) is 58.0 cm³/mol. The van der Waals surface area contributed by atoms with E-state index in [0.717, 1.165) is 26.1 Å². The average Bonchev–Trinajstić information content (AvgIpc) is 2.66. The van der Waals surface area contributed by atoms with Crippen LogP contribution in [0.25, 0.3) is 0 Å². The summed E-state index contributed by atoms with van der Waals surface area (Å²) in [7, 11) is 0. The number of carbonyl (C=O) groups is 1. The molecule has 1 aliphatic rings. The van der Waals surface area contributed by atoms with Crippen LogP contribution in [0.1, 0.15) is 12.2 Å². The van der Waals surface area contributed by atoms with Crippen LogP contribution in [0.5, 0.6) is 0 Å². The van der Waals surface area contributed by atoms with Crippen molar-refractivity contribution >= 4 is 6.09 Å². The average molecular weight is 224 g/mol. The van der Waals surface area contributed by atoms with Crippen LogP contribution in [0.2, 0.25) is 0 Å². The SMILES string of the molecule is O=C(OCc1ccco1)N1CCCNCC1. The second-order valence-electron chi connectivity index (χ2n) is 3.72. The maximum Gasteiger partial charge on any atom is 0.410 e. The van der Waals surface area contributed by atoms with Crippen molar-refractivity contribution < 1.29 is 13.9 Å². The predicted octanol–water partition coefficient (Wildman–Crippen LogP) is 1.21. The summed E-state index contributed by atoms with van der Waals surface area (Å²) in [5.41, 5.74) is 0. The Kier molecular flexibility index (Phi) is 3.82. The number of ether oxygens (including phenoxy) is 1. The van der Waals surface area contributed by atoms with Crippen molar-refractivity contribution in [1.82, 2.24) is 10.2 Å². The third-order valence-electron chi connectivity index (χ3n) is 2.52. The van der Waals surface area contributed by atoms with Crippen LogP contribution in [0.3, 0.4) is 0 Å². The molecular weight excluding hydrogens is 208 g/mol. The van der Waals surface area contributed by atoms with Crippen LogP contribution in [0, 0.1) is 0 Å². The Morgan fingerprint density at radius 3 is 3.25 bits per heavy atom. The van der Waals surface area contributed by atoms with Gasteiger partial charge in [0, 0.05) is 19.6 Å². The van der Waals surface area contributed by atoms with E-state index in [4.69, 9.17) is 9.15 Å². The van der Waals surface area contributed by atoms with Gasteiger partial charge in [0.1, 0.15) is 5.76 Å². The van der Waals surface area contributed by atoms with E-state index in [9.17, 15) is 4.79 Å². The number of rotatable bonds is 2. The van der Waals surface area contributed by atoms with Gasteiger partial charge in [-0.3, -0.25) is 0 Å². The van der Waals surface area contributed by atoms with E-state index < -0.39 is 0 Å². The van der Waals surface area contributed by atoms with E-state index in [1.807, 2.05) is 0 Å². The molecular formula is C11H16N2O3. The van der Waals surface area contributed by atoms with Gasteiger partial charge in [0.05, 0.1) is 6.26 Å². The van der Waals surface area contributed by atoms with Crippen LogP contribution in [0.4, 0.5) is 4.79 Å². The normalized spacial score (nSPS) is 16.9. The molecule has 0 radical (unpaired) electrons. The molecule has 16 heavy (non-hydrogen) atoms. The van der Waals surface area contributed by atoms with Gasteiger partial charge < -0.3 is 19.4 Å². The fourth-order valence-corrected chi connectivity index (χ4v) is 1.65. The Balaban J connectivity index is 1.78. The van der Waals surface area contributed by atoms with Gasteiger partial charge in [-0.15, -0.1) is 0 Å². The monoisotopic (exact) mass is 224 g/mol. The Bertz CT molecular complexity index is 316. The molecule has 88 valence electrons. The number of hydrogen-bond acceptors (Lipinski definition) is 4. The van der Waals surface area contributed by atoms with E-state index in [1.165, 1.54) is 0 Å². The molecule has 5 nitrogen and oxygen atoms in total. The maximum atomic E-state index is 11.7. The summed E-state index contributed by atoms with van der Waals surface area (Å²) in [6.45, 7) is 3.45. The summed E-state index contributed by atoms with van der Waals surface area (Å²) < 4.78 is 10.2. The minimum Gasteiger partial charge on any atom is -0.466 e. The molecule has 1 saturated heterocycles. The fraction of sp³-hybridized carbons (Fsp3) is 0.545. The van der Waals surface area contributed by atoms with Crippen LogP contribution >= 0.6 is 0 Å². The van der Waals surface area contributed by atoms with Gasteiger partial charge >= 0.3 is 6.09 Å². The quantitative estimate of drug-likeness (QED) is 0.820. The molecule has 1 aromatic heterocycles. The fourth-order valence-electron chi connectivity index (χ4n) is 1.65. The molecule has 0 unspecified atom stereocenters. The van der Waals surface area contributed by atoms with Crippen LogP contribution < -0.4 is 5.32 Å². The molecule has 2 heterocycles. The van der Waals surface area contributed by atoms with Crippen LogP contribution in [0.15, 0.2) is 22.8 Å². The number of amides is 1. The largest absolute Gasteiger partial charge is 0.466 e. The Hall–Kier alpha value is -1.49. The van der Waals surface area contributed by atoms with E-state index in [-0.39, 0.29) is 12.7 Å². The summed E-state index contributed by atoms with van der Waals surface area (Å²) in [6, 6.07) is 3.57. The molecule has 1 aliphatic heterocycles. The van der Waals surface area contributed by atoms with Crippen LogP contribution in [-0.4, -0.2) is 37.2 Å². The summed E-state index contributed by atoms with van der Waals surface area (Å²) in [4.78, 5) is 13.4. The summed E-state index contributed by atoms with van der Waals surface area (Å²) in [5.74, 6) is 0.668. The van der Waals surface area contributed by atoms with Crippen molar-refractivity contribution in [2.45, 2.75) is 13.0 Å². The smallest absolute Gasteiger partial charge is 0.410 e. The lowest BCUT2D eigenvalue weighted by molar-refractivity contribution is 0.0921. The van der Waals surface area contributed by atoms with Gasteiger partial charge in [0.2, 0.25) is 0 Å². The van der Waals surface area contributed by atoms with Crippen LogP contribution in [-0.2, 0) is 11.3 Å². The number of hydrogen-bond donors (Lipinski definition) is 1. The zero-order valence-corrected chi connectivity index (χ0v) is 9.15. The van der Waals surface area contributed by atoms with Gasteiger partial charge in [-0.05, 0) is 25.1 Å². The van der Waals surface area contributed by atoms with Crippen molar-refractivity contribution in [3.63, 3.8) is 0 Å². The number of nitrogens with zero attached hydrogens (tertiary/aromatic N) is 1. The molecule has 5 heteroatoms. The molecule has 0 spiro atoms. The number of carbonyl (C=O) groups excluding carboxylic acids is 1. The number of nitrogens with one attached hydrogen (secondary N) is 1. The first-order chi connectivity index (χ1) is 7.86. The van der Waals surface area contributed by atoms with Gasteiger partial charge in [-0.2, -0.15) is 0 Å². The zero-order chi connectivity index (χ0) is 11.2. The molecule has 1 amide bonds. The topological polar surface area (TPSA) is 54.7 Å². The minimum atomic E-state index is -0.264. The number of furan rings is 1. The highest BCUT2D eigenvalue weighted by Gasteiger charge is 2.16. The van der Waals surface area contributed by atoms with Crippen molar-refractivity contribution in [1.29, 1.82) is 0 Å². The molecule has 0 bridgehead atoms. The molecule has 2 rings (SSSR count). The Morgan fingerprint density at radius 2 is 2.44 bits per heavy atom. The standard InChI is InChI=1S/C11H16N2O3/c14-11(13-6-2-4-12-5-7-13)16-9-10-3-1-8-15-10/h1,3,8,12H,2,4-7,9H2. The molecule has 0 aromatic carbocycles. The van der Waals surface area contributed by atoms with Gasteiger partial charge in [0.15, 0.2) is 6.61 Å². The van der Waals surface area contributed by atoms with Gasteiger partial charge in [0.25, 0.3) is 0 Å². The Labute approximate surface area is 94.4 Å². The highest BCUT2D eigenvalue weighted by Crippen LogP contribution is 2.05. The van der Waals surface area contributed by atoms with E-state index in [2.05, 4.69) is 5.32 Å². The molecule has 0 aliphatic carbocycles. The van der Waals surface area contributed by atoms with E-state index >= 15 is 0 Å². The highest BCUT2D eigenvalue weighted by molar-refractivity contribution is 5.67. The summed E-state index contributed by atoms with van der Waals surface area (Å²) >= 11 is 0. The summed E-state index contributed by atoms with van der Waals surface area (Å²) in [5, 5.41) is 3.23. The minimum absolute atomic E-state index is 0.204. The molecule has 0 saturated carbocycles. The van der Waals surface area contributed by atoms with E-state index in [1.54, 1.807) is 23.3 Å². The molecule has 1 aromatic rings. The summed E-state index contributed by atoms with van der Waals surface area (Å²) in [6.07, 6.45) is 2.27. The first-order valence-corrected chi connectivity index (χ1v) is 5.51. The third-order valence-corrected chi connectivity index (χ3v) is 2.52. The lowest BCUT2D eigenvalue weighted by atomic mass is 10.4. The van der Waals surface area contributed by atoms with Gasteiger partial charge in [-0.1, -0.05) is 0 Å². The highest BCUT2D eigenvalue weighted by atomic mass is 16.6. The van der Waals surface area contributed by atoms with Crippen molar-refractivity contribution in [2.75, 3.05) is 26.2 Å². The van der Waals surface area contributed by atoms with Gasteiger partial charge in [-0.25, -0.2) is 4.79 Å². The van der Waals surface area contributed by atoms with Crippen molar-refractivity contribution in [3.05, 3.63) is 24.2 Å². The second-order valence-corrected chi connectivity index (χ2v) is 3.72. The maximum absolute atomic E-state index is 11.7.